The second-order valence-corrected chi connectivity index (χ2v) is 7.07. The van der Waals surface area contributed by atoms with Crippen LogP contribution in [-0.4, -0.2) is 49.2 Å². The molecule has 0 spiro atoms. The molecule has 1 atom stereocenters. The van der Waals surface area contributed by atoms with Crippen LogP contribution in [0.15, 0.2) is 30.3 Å². The second kappa shape index (κ2) is 8.95. The summed E-state index contributed by atoms with van der Waals surface area (Å²) in [6.45, 7) is 3.44. The fourth-order valence-electron chi connectivity index (χ4n) is 3.08. The number of anilines is 1. The van der Waals surface area contributed by atoms with Gasteiger partial charge in [-0.1, -0.05) is 19.1 Å². The highest BCUT2D eigenvalue weighted by Crippen LogP contribution is 2.21. The maximum Gasteiger partial charge on any atom is 0.251 e. The Morgan fingerprint density at radius 3 is 2.63 bits per heavy atom. The predicted molar refractivity (Wildman–Crippen MR) is 107 cm³/mol. The molecule has 27 heavy (non-hydrogen) atoms. The molecule has 6 heteroatoms. The normalized spacial score (nSPS) is 16.8. The van der Waals surface area contributed by atoms with E-state index in [4.69, 9.17) is 4.74 Å². The Bertz CT molecular complexity index is 768. The summed E-state index contributed by atoms with van der Waals surface area (Å²) < 4.78 is 5.66. The van der Waals surface area contributed by atoms with Crippen LogP contribution in [0, 0.1) is 0 Å². The van der Waals surface area contributed by atoms with Crippen LogP contribution in [0.3, 0.4) is 0 Å². The van der Waals surface area contributed by atoms with Gasteiger partial charge in [0.2, 0.25) is 5.95 Å². The van der Waals surface area contributed by atoms with Gasteiger partial charge in [0.15, 0.2) is 0 Å². The Balaban J connectivity index is 1.69. The number of aryl methyl sites for hydroxylation is 1. The molecule has 2 heterocycles. The van der Waals surface area contributed by atoms with E-state index in [1.54, 1.807) is 0 Å². The van der Waals surface area contributed by atoms with Crippen molar-refractivity contribution in [3.63, 3.8) is 0 Å². The predicted octanol–water partition coefficient (Wildman–Crippen LogP) is 3.07. The van der Waals surface area contributed by atoms with Gasteiger partial charge in [-0.25, -0.2) is 9.97 Å². The maximum absolute atomic E-state index is 12.4. The SMILES string of the molecule is CCc1cc(-c2ccc(C(=O)NC[C@@H]3CCCCO3)cc2)nc(N(C)C)n1. The summed E-state index contributed by atoms with van der Waals surface area (Å²) in [4.78, 5) is 23.4. The minimum absolute atomic E-state index is 0.0679. The number of hydrogen-bond donors (Lipinski definition) is 1. The molecule has 0 bridgehead atoms. The van der Waals surface area contributed by atoms with E-state index in [-0.39, 0.29) is 12.0 Å². The Hall–Kier alpha value is -2.47. The molecule has 0 saturated carbocycles. The summed E-state index contributed by atoms with van der Waals surface area (Å²) in [5, 5.41) is 2.97. The van der Waals surface area contributed by atoms with E-state index in [0.717, 1.165) is 42.8 Å². The van der Waals surface area contributed by atoms with Gasteiger partial charge in [-0.3, -0.25) is 4.79 Å². The minimum atomic E-state index is -0.0679. The zero-order valence-electron chi connectivity index (χ0n) is 16.4. The molecule has 1 aromatic heterocycles. The Labute approximate surface area is 161 Å². The van der Waals surface area contributed by atoms with Crippen molar-refractivity contribution < 1.29 is 9.53 Å². The summed E-state index contributed by atoms with van der Waals surface area (Å²) in [7, 11) is 3.87. The standard InChI is InChI=1S/C21H28N4O2/c1-4-17-13-19(24-21(23-17)25(2)3)15-8-10-16(11-9-15)20(26)22-14-18-7-5-6-12-27-18/h8-11,13,18H,4-7,12,14H2,1-3H3,(H,22,26)/t18-/m0/s1. The lowest BCUT2D eigenvalue weighted by atomic mass is 10.1. The van der Waals surface area contributed by atoms with Crippen molar-refractivity contribution in [2.75, 3.05) is 32.1 Å². The number of carbonyl (C=O) groups excluding carboxylic acids is 1. The van der Waals surface area contributed by atoms with Crippen molar-refractivity contribution in [3.05, 3.63) is 41.6 Å². The molecule has 1 aromatic carbocycles. The fraction of sp³-hybridized carbons (Fsp3) is 0.476. The molecular weight excluding hydrogens is 340 g/mol. The van der Waals surface area contributed by atoms with Crippen LogP contribution >= 0.6 is 0 Å². The molecule has 1 fully saturated rings. The molecule has 1 saturated heterocycles. The van der Waals surface area contributed by atoms with Gasteiger partial charge >= 0.3 is 0 Å². The second-order valence-electron chi connectivity index (χ2n) is 7.07. The molecule has 3 rings (SSSR count). The molecule has 1 amide bonds. The van der Waals surface area contributed by atoms with Crippen LogP contribution in [0.25, 0.3) is 11.3 Å². The quantitative estimate of drug-likeness (QED) is 0.849. The van der Waals surface area contributed by atoms with Gasteiger partial charge in [0, 0.05) is 44.1 Å². The summed E-state index contributed by atoms with van der Waals surface area (Å²) in [6.07, 6.45) is 4.29. The lowest BCUT2D eigenvalue weighted by molar-refractivity contribution is 0.0169. The van der Waals surface area contributed by atoms with Crippen LogP contribution in [0.1, 0.15) is 42.2 Å². The van der Waals surface area contributed by atoms with Crippen molar-refractivity contribution in [2.45, 2.75) is 38.7 Å². The highest BCUT2D eigenvalue weighted by molar-refractivity contribution is 5.94. The highest BCUT2D eigenvalue weighted by Gasteiger charge is 2.15. The summed E-state index contributed by atoms with van der Waals surface area (Å²) >= 11 is 0. The van der Waals surface area contributed by atoms with E-state index in [1.807, 2.05) is 49.3 Å². The first-order chi connectivity index (χ1) is 13.1. The van der Waals surface area contributed by atoms with Gasteiger partial charge in [-0.15, -0.1) is 0 Å². The number of nitrogens with zero attached hydrogens (tertiary/aromatic N) is 3. The number of rotatable bonds is 6. The number of ether oxygens (including phenoxy) is 1. The first-order valence-electron chi connectivity index (χ1n) is 9.62. The van der Waals surface area contributed by atoms with E-state index >= 15 is 0 Å². The van der Waals surface area contributed by atoms with E-state index in [2.05, 4.69) is 22.2 Å². The van der Waals surface area contributed by atoms with Crippen molar-refractivity contribution in [2.24, 2.45) is 0 Å². The van der Waals surface area contributed by atoms with Crippen LogP contribution in [0.4, 0.5) is 5.95 Å². The van der Waals surface area contributed by atoms with Gasteiger partial charge in [-0.2, -0.15) is 0 Å². The molecule has 2 aromatic rings. The molecule has 1 aliphatic rings. The van der Waals surface area contributed by atoms with Gasteiger partial charge < -0.3 is 15.0 Å². The molecule has 1 N–H and O–H groups in total. The zero-order chi connectivity index (χ0) is 19.2. The zero-order valence-corrected chi connectivity index (χ0v) is 16.4. The lowest BCUT2D eigenvalue weighted by Crippen LogP contribution is -2.35. The van der Waals surface area contributed by atoms with Crippen molar-refractivity contribution in [1.82, 2.24) is 15.3 Å². The largest absolute Gasteiger partial charge is 0.376 e. The molecular formula is C21H28N4O2. The molecule has 1 aliphatic heterocycles. The van der Waals surface area contributed by atoms with Crippen LogP contribution in [0.2, 0.25) is 0 Å². The van der Waals surface area contributed by atoms with Crippen molar-refractivity contribution >= 4 is 11.9 Å². The van der Waals surface area contributed by atoms with E-state index in [9.17, 15) is 4.79 Å². The first-order valence-corrected chi connectivity index (χ1v) is 9.62. The number of hydrogen-bond acceptors (Lipinski definition) is 5. The highest BCUT2D eigenvalue weighted by atomic mass is 16.5. The average Bonchev–Trinajstić information content (AvgIpc) is 2.72. The number of aromatic nitrogens is 2. The van der Waals surface area contributed by atoms with Gasteiger partial charge in [0.25, 0.3) is 5.91 Å². The molecule has 0 aliphatic carbocycles. The first kappa shape index (κ1) is 19.3. The summed E-state index contributed by atoms with van der Waals surface area (Å²) in [5.74, 6) is 0.625. The van der Waals surface area contributed by atoms with Crippen molar-refractivity contribution in [1.29, 1.82) is 0 Å². The van der Waals surface area contributed by atoms with Crippen molar-refractivity contribution in [3.8, 4) is 11.3 Å². The molecule has 144 valence electrons. The van der Waals surface area contributed by atoms with E-state index in [0.29, 0.717) is 18.1 Å². The number of amides is 1. The number of benzene rings is 1. The van der Waals surface area contributed by atoms with E-state index < -0.39 is 0 Å². The van der Waals surface area contributed by atoms with Gasteiger partial charge in [0.05, 0.1) is 11.8 Å². The summed E-state index contributed by atoms with van der Waals surface area (Å²) in [5.41, 5.74) is 3.49. The van der Waals surface area contributed by atoms with Gasteiger partial charge in [-0.05, 0) is 43.9 Å². The number of nitrogens with one attached hydrogen (secondary N) is 1. The summed E-state index contributed by atoms with van der Waals surface area (Å²) in [6, 6.07) is 9.56. The molecule has 0 radical (unpaired) electrons. The van der Waals surface area contributed by atoms with E-state index in [1.165, 1.54) is 6.42 Å². The third kappa shape index (κ3) is 5.04. The minimum Gasteiger partial charge on any atom is -0.376 e. The topological polar surface area (TPSA) is 67.3 Å². The third-order valence-electron chi connectivity index (χ3n) is 4.74. The van der Waals surface area contributed by atoms with Crippen LogP contribution < -0.4 is 10.2 Å². The fourth-order valence-corrected chi connectivity index (χ4v) is 3.08. The Morgan fingerprint density at radius 2 is 2.00 bits per heavy atom. The number of carbonyl (C=O) groups is 1. The monoisotopic (exact) mass is 368 g/mol. The Morgan fingerprint density at radius 1 is 1.22 bits per heavy atom. The smallest absolute Gasteiger partial charge is 0.251 e. The molecule has 0 unspecified atom stereocenters. The van der Waals surface area contributed by atoms with Crippen LogP contribution in [0.5, 0.6) is 0 Å². The van der Waals surface area contributed by atoms with Crippen LogP contribution in [-0.2, 0) is 11.2 Å². The third-order valence-corrected chi connectivity index (χ3v) is 4.74. The van der Waals surface area contributed by atoms with Gasteiger partial charge in [0.1, 0.15) is 0 Å². The lowest BCUT2D eigenvalue weighted by Gasteiger charge is -2.22. The Kier molecular flexibility index (Phi) is 6.40. The maximum atomic E-state index is 12.4. The molecule has 6 nitrogen and oxygen atoms in total. The average molecular weight is 368 g/mol.